The molecule has 0 radical (unpaired) electrons. The van der Waals surface area contributed by atoms with Crippen molar-refractivity contribution in [2.45, 2.75) is 13.3 Å². The lowest BCUT2D eigenvalue weighted by atomic mass is 10.2. The number of aromatic nitrogens is 1. The van der Waals surface area contributed by atoms with Crippen molar-refractivity contribution in [1.82, 2.24) is 4.98 Å². The second kappa shape index (κ2) is 5.76. The minimum absolute atomic E-state index is 0.0413. The Morgan fingerprint density at radius 2 is 2.17 bits per heavy atom. The number of rotatable bonds is 6. The molecule has 0 atom stereocenters. The van der Waals surface area contributed by atoms with Crippen LogP contribution in [0, 0.1) is 17.0 Å². The molecule has 7 nitrogen and oxygen atoms in total. The number of nitro groups is 1. The van der Waals surface area contributed by atoms with Crippen LogP contribution >= 0.6 is 0 Å². The Hall–Kier alpha value is -1.70. The van der Waals surface area contributed by atoms with Gasteiger partial charge in [-0.3, -0.25) is 10.1 Å². The predicted molar refractivity (Wildman–Crippen MR) is 68.4 cm³/mol. The lowest BCUT2D eigenvalue weighted by molar-refractivity contribution is -0.384. The van der Waals surface area contributed by atoms with Crippen LogP contribution in [0.5, 0.6) is 0 Å². The van der Waals surface area contributed by atoms with Crippen LogP contribution in [0.3, 0.4) is 0 Å². The zero-order chi connectivity index (χ0) is 13.8. The van der Waals surface area contributed by atoms with Gasteiger partial charge in [-0.15, -0.1) is 0 Å². The highest BCUT2D eigenvalue weighted by Gasteiger charge is 2.17. The molecule has 0 fully saturated rings. The smallest absolute Gasteiger partial charge is 0.314 e. The van der Waals surface area contributed by atoms with Gasteiger partial charge >= 0.3 is 5.69 Å². The maximum atomic E-state index is 10.9. The summed E-state index contributed by atoms with van der Waals surface area (Å²) in [5.74, 6) is 0.216. The second-order valence-corrected chi connectivity index (χ2v) is 6.25. The van der Waals surface area contributed by atoms with Gasteiger partial charge in [0.15, 0.2) is 0 Å². The van der Waals surface area contributed by atoms with Crippen LogP contribution in [-0.4, -0.2) is 36.9 Å². The van der Waals surface area contributed by atoms with Gasteiger partial charge < -0.3 is 5.32 Å². The predicted octanol–water partition coefficient (Wildman–Crippen LogP) is 1.14. The van der Waals surface area contributed by atoms with Crippen molar-refractivity contribution < 1.29 is 13.3 Å². The normalized spacial score (nSPS) is 11.2. The first-order valence-electron chi connectivity index (χ1n) is 5.33. The molecule has 0 saturated heterocycles. The summed E-state index contributed by atoms with van der Waals surface area (Å²) in [5.41, 5.74) is 0.442. The number of nitrogens with one attached hydrogen (secondary N) is 1. The molecule has 0 bridgehead atoms. The fourth-order valence-corrected chi connectivity index (χ4v) is 2.12. The minimum atomic E-state index is -3.01. The van der Waals surface area contributed by atoms with Crippen molar-refractivity contribution >= 4 is 21.3 Å². The van der Waals surface area contributed by atoms with Crippen molar-refractivity contribution in [1.29, 1.82) is 0 Å². The van der Waals surface area contributed by atoms with Crippen molar-refractivity contribution in [2.75, 3.05) is 23.9 Å². The number of pyridine rings is 1. The van der Waals surface area contributed by atoms with Crippen LogP contribution in [0.15, 0.2) is 12.3 Å². The van der Waals surface area contributed by atoms with E-state index in [9.17, 15) is 18.5 Å². The lowest BCUT2D eigenvalue weighted by Crippen LogP contribution is -2.11. The van der Waals surface area contributed by atoms with Gasteiger partial charge in [-0.05, 0) is 19.4 Å². The van der Waals surface area contributed by atoms with Crippen LogP contribution in [0.1, 0.15) is 12.0 Å². The molecule has 0 unspecified atom stereocenters. The van der Waals surface area contributed by atoms with E-state index in [0.29, 0.717) is 18.5 Å². The highest BCUT2D eigenvalue weighted by Crippen LogP contribution is 2.25. The zero-order valence-electron chi connectivity index (χ0n) is 10.2. The SMILES string of the molecule is Cc1ccnc(NCCCS(C)(=O)=O)c1[N+](=O)[O-]. The Labute approximate surface area is 105 Å². The molecule has 0 saturated carbocycles. The number of anilines is 1. The number of aryl methyl sites for hydroxylation is 1. The molecule has 1 aromatic heterocycles. The number of sulfone groups is 1. The van der Waals surface area contributed by atoms with Crippen molar-refractivity contribution in [3.05, 3.63) is 27.9 Å². The number of nitrogens with zero attached hydrogens (tertiary/aromatic N) is 2. The molecule has 0 aliphatic carbocycles. The van der Waals surface area contributed by atoms with Crippen molar-refractivity contribution in [3.8, 4) is 0 Å². The van der Waals surface area contributed by atoms with E-state index in [1.165, 1.54) is 6.20 Å². The maximum absolute atomic E-state index is 10.9. The van der Waals surface area contributed by atoms with Crippen LogP contribution in [0.2, 0.25) is 0 Å². The van der Waals surface area contributed by atoms with E-state index in [1.807, 2.05) is 0 Å². The third-order valence-corrected chi connectivity index (χ3v) is 3.32. The average molecular weight is 273 g/mol. The summed E-state index contributed by atoms with van der Waals surface area (Å²) in [7, 11) is -3.01. The molecule has 100 valence electrons. The monoisotopic (exact) mass is 273 g/mol. The van der Waals surface area contributed by atoms with Gasteiger partial charge in [0.25, 0.3) is 0 Å². The highest BCUT2D eigenvalue weighted by atomic mass is 32.2. The first kappa shape index (κ1) is 14.4. The summed E-state index contributed by atoms with van der Waals surface area (Å²) in [6.07, 6.45) is 3.01. The summed E-state index contributed by atoms with van der Waals surface area (Å²) >= 11 is 0. The lowest BCUT2D eigenvalue weighted by Gasteiger charge is -2.06. The standard InChI is InChI=1S/C10H15N3O4S/c1-8-4-6-12-10(9(8)13(14)15)11-5-3-7-18(2,16)17/h4,6H,3,5,7H2,1-2H3,(H,11,12). The second-order valence-electron chi connectivity index (χ2n) is 3.99. The third-order valence-electron chi connectivity index (χ3n) is 2.29. The molecular formula is C10H15N3O4S. The van der Waals surface area contributed by atoms with Gasteiger partial charge in [0.05, 0.1) is 10.7 Å². The largest absolute Gasteiger partial charge is 0.364 e. The summed E-state index contributed by atoms with van der Waals surface area (Å²) in [4.78, 5) is 14.3. The molecule has 0 aromatic carbocycles. The zero-order valence-corrected chi connectivity index (χ0v) is 11.0. The maximum Gasteiger partial charge on any atom is 0.314 e. The summed E-state index contributed by atoms with van der Waals surface area (Å²) in [5, 5.41) is 13.7. The number of hydrogen-bond acceptors (Lipinski definition) is 6. The average Bonchev–Trinajstić information content (AvgIpc) is 2.22. The minimum Gasteiger partial charge on any atom is -0.364 e. The molecule has 18 heavy (non-hydrogen) atoms. The molecule has 1 heterocycles. The Balaban J connectivity index is 2.68. The molecule has 1 rings (SSSR count). The van der Waals surface area contributed by atoms with E-state index in [-0.39, 0.29) is 17.3 Å². The summed E-state index contributed by atoms with van der Waals surface area (Å²) < 4.78 is 21.8. The highest BCUT2D eigenvalue weighted by molar-refractivity contribution is 7.90. The first-order valence-corrected chi connectivity index (χ1v) is 7.39. The van der Waals surface area contributed by atoms with Crippen LogP contribution < -0.4 is 5.32 Å². The van der Waals surface area contributed by atoms with E-state index < -0.39 is 14.8 Å². The quantitative estimate of drug-likeness (QED) is 0.474. The third kappa shape index (κ3) is 4.28. The van der Waals surface area contributed by atoms with Crippen LogP contribution in [0.25, 0.3) is 0 Å². The summed E-state index contributed by atoms with van der Waals surface area (Å²) in [6.45, 7) is 1.95. The fraction of sp³-hybridized carbons (Fsp3) is 0.500. The molecule has 8 heteroatoms. The van der Waals surface area contributed by atoms with Gasteiger partial charge in [-0.1, -0.05) is 0 Å². The Morgan fingerprint density at radius 3 is 2.72 bits per heavy atom. The van der Waals surface area contributed by atoms with Gasteiger partial charge in [0, 0.05) is 24.6 Å². The summed E-state index contributed by atoms with van der Waals surface area (Å²) in [6, 6.07) is 1.56. The van der Waals surface area contributed by atoms with Crippen molar-refractivity contribution in [3.63, 3.8) is 0 Å². The van der Waals surface area contributed by atoms with Gasteiger partial charge in [0.1, 0.15) is 9.84 Å². The first-order chi connectivity index (χ1) is 8.31. The van der Waals surface area contributed by atoms with E-state index in [4.69, 9.17) is 0 Å². The van der Waals surface area contributed by atoms with Crippen LogP contribution in [-0.2, 0) is 9.84 Å². The van der Waals surface area contributed by atoms with Gasteiger partial charge in [-0.2, -0.15) is 0 Å². The Kier molecular flexibility index (Phi) is 4.60. The number of hydrogen-bond donors (Lipinski definition) is 1. The van der Waals surface area contributed by atoms with Gasteiger partial charge in [-0.25, -0.2) is 13.4 Å². The molecule has 0 aliphatic heterocycles. The molecule has 1 aromatic rings. The molecular weight excluding hydrogens is 258 g/mol. The Bertz CT molecular complexity index is 542. The Morgan fingerprint density at radius 1 is 1.50 bits per heavy atom. The molecule has 0 spiro atoms. The van der Waals surface area contributed by atoms with Gasteiger partial charge in [0.2, 0.25) is 5.82 Å². The topological polar surface area (TPSA) is 102 Å². The fourth-order valence-electron chi connectivity index (χ4n) is 1.45. The molecule has 0 amide bonds. The molecule has 1 N–H and O–H groups in total. The van der Waals surface area contributed by atoms with Crippen LogP contribution in [0.4, 0.5) is 11.5 Å². The van der Waals surface area contributed by atoms with E-state index in [1.54, 1.807) is 13.0 Å². The van der Waals surface area contributed by atoms with Crippen molar-refractivity contribution in [2.24, 2.45) is 0 Å². The van der Waals surface area contributed by atoms with E-state index in [0.717, 1.165) is 6.26 Å². The van der Waals surface area contributed by atoms with E-state index in [2.05, 4.69) is 10.3 Å². The van der Waals surface area contributed by atoms with E-state index >= 15 is 0 Å². The molecule has 0 aliphatic rings.